The van der Waals surface area contributed by atoms with Gasteiger partial charge in [0.15, 0.2) is 17.6 Å². The third kappa shape index (κ3) is 6.79. The Labute approximate surface area is 330 Å². The van der Waals surface area contributed by atoms with E-state index in [1.807, 2.05) is 37.4 Å². The number of hydrogen-bond acceptors (Lipinski definition) is 14. The molecule has 6 aromatic rings. The Morgan fingerprint density at radius 2 is 1.18 bits per heavy atom. The fraction of sp³-hybridized carbons (Fsp3) is 0.463. The van der Waals surface area contributed by atoms with Crippen LogP contribution >= 0.6 is 0 Å². The molecule has 10 rings (SSSR count). The van der Waals surface area contributed by atoms with Crippen LogP contribution in [0.15, 0.2) is 36.4 Å². The molecular formula is C41H50N12O4. The molecule has 2 saturated heterocycles. The highest BCUT2D eigenvalue weighted by Crippen LogP contribution is 2.42. The van der Waals surface area contributed by atoms with E-state index in [2.05, 4.69) is 82.7 Å². The number of aromatic nitrogens is 8. The Morgan fingerprint density at radius 3 is 1.67 bits per heavy atom. The number of imidazole rings is 2. The molecule has 57 heavy (non-hydrogen) atoms. The van der Waals surface area contributed by atoms with E-state index >= 15 is 0 Å². The average Bonchev–Trinajstić information content (AvgIpc) is 3.96. The van der Waals surface area contributed by atoms with Crippen LogP contribution in [0.3, 0.4) is 0 Å². The minimum absolute atomic E-state index is 0.249. The number of nitrogens with zero attached hydrogens (tertiary/aromatic N) is 8. The van der Waals surface area contributed by atoms with Crippen LogP contribution < -0.4 is 20.9 Å². The third-order valence-electron chi connectivity index (χ3n) is 11.3. The van der Waals surface area contributed by atoms with Gasteiger partial charge in [-0.25, -0.2) is 29.9 Å². The number of aromatic amines is 2. The Kier molecular flexibility index (Phi) is 9.26. The van der Waals surface area contributed by atoms with Crippen LogP contribution in [0.5, 0.6) is 0 Å². The molecule has 0 aliphatic carbocycles. The number of nitrogen functional groups attached to an aromatic ring is 1. The summed E-state index contributed by atoms with van der Waals surface area (Å²) in [6.07, 6.45) is 0. The zero-order valence-corrected chi connectivity index (χ0v) is 33.6. The molecule has 8 heterocycles. The maximum Gasteiger partial charge on any atom is 0.200 e. The standard InChI is InChI=1S/C21H26N6O2.C20H24N6O2/c1-12-10-28-8-7-27(12)19-14-11-29-21(2,3)17(14)25-18(26-19)13-5-6-15-16(9-13)24-20(22-4)23-15;1-11-9-27-7-6-26(11)18-13-10-28-20(2,3)16(13)24-17(25-18)12-4-5-14-15(8-12)23-19(21)22-14/h5-6,9,12H,7-8,10-11H2,1-4H3,(H2,22,23,24);4-5,8,11H,6-7,9-10H2,1-3H3,(H3,21,22,23)/t12-;11-/m00/s1. The summed E-state index contributed by atoms with van der Waals surface area (Å²) in [6.45, 7) is 18.1. The van der Waals surface area contributed by atoms with Gasteiger partial charge in [0.25, 0.3) is 0 Å². The molecule has 0 unspecified atom stereocenters. The first-order valence-corrected chi connectivity index (χ1v) is 19.6. The highest BCUT2D eigenvalue weighted by Gasteiger charge is 2.39. The van der Waals surface area contributed by atoms with E-state index in [9.17, 15) is 0 Å². The van der Waals surface area contributed by atoms with Crippen molar-refractivity contribution < 1.29 is 18.9 Å². The van der Waals surface area contributed by atoms with Crippen molar-refractivity contribution in [1.29, 1.82) is 0 Å². The van der Waals surface area contributed by atoms with Crippen LogP contribution in [-0.4, -0.2) is 98.5 Å². The molecule has 2 atom stereocenters. The van der Waals surface area contributed by atoms with Crippen molar-refractivity contribution in [3.8, 4) is 22.8 Å². The number of fused-ring (bicyclic) bond motifs is 4. The molecule has 5 N–H and O–H groups in total. The summed E-state index contributed by atoms with van der Waals surface area (Å²) in [5, 5.41) is 3.04. The SMILES string of the molecule is CNc1nc2ccc(-c3nc(N4CCOC[C@@H]4C)c4c(n3)C(C)(C)OC4)cc2[nH]1.C[C@H]1COCCN1c1nc(-c2ccc3nc(N)[nH]c3c2)nc2c1COC2(C)C. The lowest BCUT2D eigenvalue weighted by molar-refractivity contribution is -0.0102. The van der Waals surface area contributed by atoms with E-state index in [0.29, 0.717) is 57.2 Å². The van der Waals surface area contributed by atoms with Gasteiger partial charge in [0.2, 0.25) is 5.95 Å². The number of morpholine rings is 2. The van der Waals surface area contributed by atoms with Crippen molar-refractivity contribution in [2.75, 3.05) is 67.4 Å². The second-order valence-corrected chi connectivity index (χ2v) is 16.1. The number of ether oxygens (including phenoxy) is 4. The van der Waals surface area contributed by atoms with Crippen molar-refractivity contribution >= 4 is 45.6 Å². The number of H-pyrrole nitrogens is 2. The van der Waals surface area contributed by atoms with Crippen LogP contribution in [0, 0.1) is 0 Å². The van der Waals surface area contributed by atoms with Gasteiger partial charge in [-0.1, -0.05) is 0 Å². The van der Waals surface area contributed by atoms with E-state index < -0.39 is 11.2 Å². The molecule has 0 saturated carbocycles. The molecule has 4 aliphatic heterocycles. The topological polar surface area (TPSA) is 190 Å². The molecule has 4 aromatic heterocycles. The highest BCUT2D eigenvalue weighted by atomic mass is 16.5. The van der Waals surface area contributed by atoms with Crippen LogP contribution in [0.1, 0.15) is 64.1 Å². The van der Waals surface area contributed by atoms with Gasteiger partial charge in [0.05, 0.1) is 85.2 Å². The fourth-order valence-corrected chi connectivity index (χ4v) is 8.10. The molecule has 16 heteroatoms. The minimum Gasteiger partial charge on any atom is -0.377 e. The van der Waals surface area contributed by atoms with Gasteiger partial charge in [-0.3, -0.25) is 0 Å². The molecule has 2 aromatic carbocycles. The fourth-order valence-electron chi connectivity index (χ4n) is 8.10. The molecule has 0 amide bonds. The first-order chi connectivity index (χ1) is 27.4. The van der Waals surface area contributed by atoms with Gasteiger partial charge in [-0.2, -0.15) is 0 Å². The quantitative estimate of drug-likeness (QED) is 0.168. The predicted octanol–water partition coefficient (Wildman–Crippen LogP) is 5.64. The molecular weight excluding hydrogens is 725 g/mol. The lowest BCUT2D eigenvalue weighted by atomic mass is 10.0. The molecule has 0 bridgehead atoms. The first-order valence-electron chi connectivity index (χ1n) is 19.6. The van der Waals surface area contributed by atoms with Crippen molar-refractivity contribution in [3.05, 3.63) is 58.9 Å². The normalized spacial score (nSPS) is 21.0. The summed E-state index contributed by atoms with van der Waals surface area (Å²) in [5.74, 6) is 4.45. The largest absolute Gasteiger partial charge is 0.377 e. The Morgan fingerprint density at radius 1 is 0.684 bits per heavy atom. The summed E-state index contributed by atoms with van der Waals surface area (Å²) in [4.78, 5) is 39.6. The van der Waals surface area contributed by atoms with E-state index in [1.54, 1.807) is 0 Å². The van der Waals surface area contributed by atoms with Gasteiger partial charge < -0.3 is 49.8 Å². The maximum atomic E-state index is 6.07. The van der Waals surface area contributed by atoms with Crippen LogP contribution in [0.2, 0.25) is 0 Å². The van der Waals surface area contributed by atoms with Crippen molar-refractivity contribution in [2.45, 2.75) is 78.0 Å². The molecule has 0 radical (unpaired) electrons. The molecule has 16 nitrogen and oxygen atoms in total. The molecule has 2 fully saturated rings. The van der Waals surface area contributed by atoms with E-state index in [-0.39, 0.29) is 12.1 Å². The smallest absolute Gasteiger partial charge is 0.200 e. The van der Waals surface area contributed by atoms with E-state index in [4.69, 9.17) is 44.6 Å². The lowest BCUT2D eigenvalue weighted by Gasteiger charge is -2.35. The van der Waals surface area contributed by atoms with Gasteiger partial charge in [0, 0.05) is 42.4 Å². The number of nitrogens with two attached hydrogens (primary N) is 1. The Balaban J connectivity index is 0.000000148. The maximum absolute atomic E-state index is 6.07. The minimum atomic E-state index is -0.445. The average molecular weight is 775 g/mol. The summed E-state index contributed by atoms with van der Waals surface area (Å²) in [5.41, 5.74) is 14.4. The highest BCUT2D eigenvalue weighted by molar-refractivity contribution is 5.83. The van der Waals surface area contributed by atoms with Crippen LogP contribution in [0.25, 0.3) is 44.8 Å². The molecule has 298 valence electrons. The Hall–Kier alpha value is -5.42. The van der Waals surface area contributed by atoms with Gasteiger partial charge >= 0.3 is 0 Å². The van der Waals surface area contributed by atoms with Gasteiger partial charge in [-0.15, -0.1) is 0 Å². The number of rotatable bonds is 5. The van der Waals surface area contributed by atoms with Gasteiger partial charge in [0.1, 0.15) is 22.8 Å². The lowest BCUT2D eigenvalue weighted by Crippen LogP contribution is -2.44. The summed E-state index contributed by atoms with van der Waals surface area (Å²) >= 11 is 0. The number of benzene rings is 2. The summed E-state index contributed by atoms with van der Waals surface area (Å²) in [6, 6.07) is 12.5. The van der Waals surface area contributed by atoms with E-state index in [1.165, 1.54) is 0 Å². The second-order valence-electron chi connectivity index (χ2n) is 16.1. The number of hydrogen-bond donors (Lipinski definition) is 4. The zero-order valence-electron chi connectivity index (χ0n) is 33.6. The predicted molar refractivity (Wildman–Crippen MR) is 219 cm³/mol. The van der Waals surface area contributed by atoms with Gasteiger partial charge in [-0.05, 0) is 77.9 Å². The summed E-state index contributed by atoms with van der Waals surface area (Å²) < 4.78 is 23.4. The van der Waals surface area contributed by atoms with Crippen LogP contribution in [-0.2, 0) is 43.4 Å². The van der Waals surface area contributed by atoms with E-state index in [0.717, 1.165) is 86.4 Å². The van der Waals surface area contributed by atoms with Crippen LogP contribution in [0.4, 0.5) is 23.5 Å². The molecule has 4 aliphatic rings. The number of nitrogens with one attached hydrogen (secondary N) is 3. The third-order valence-corrected chi connectivity index (χ3v) is 11.3. The second kappa shape index (κ2) is 14.2. The number of anilines is 4. The van der Waals surface area contributed by atoms with Crippen molar-refractivity contribution in [3.63, 3.8) is 0 Å². The van der Waals surface area contributed by atoms with Crippen molar-refractivity contribution in [1.82, 2.24) is 39.9 Å². The Bertz CT molecular complexity index is 2480. The molecule has 0 spiro atoms. The zero-order chi connectivity index (χ0) is 39.6. The summed E-state index contributed by atoms with van der Waals surface area (Å²) in [7, 11) is 1.85. The first kappa shape index (κ1) is 37.2. The monoisotopic (exact) mass is 774 g/mol. The van der Waals surface area contributed by atoms with Crippen molar-refractivity contribution in [2.24, 2.45) is 0 Å².